The quantitative estimate of drug-likeness (QED) is 0.858. The SMILES string of the molecule is Cn1cc(-c2noc(C3CCC(CN)O3)n2)cn1. The third-order valence-electron chi connectivity index (χ3n) is 3.05. The Hall–Kier alpha value is -1.73. The Kier molecular flexibility index (Phi) is 2.85. The van der Waals surface area contributed by atoms with Crippen LogP contribution in [0.1, 0.15) is 24.8 Å². The van der Waals surface area contributed by atoms with Gasteiger partial charge < -0.3 is 15.0 Å². The van der Waals surface area contributed by atoms with Gasteiger partial charge in [0.15, 0.2) is 0 Å². The topological polar surface area (TPSA) is 92.0 Å². The summed E-state index contributed by atoms with van der Waals surface area (Å²) < 4.78 is 12.6. The summed E-state index contributed by atoms with van der Waals surface area (Å²) in [5.74, 6) is 1.06. The summed E-state index contributed by atoms with van der Waals surface area (Å²) in [7, 11) is 1.84. The van der Waals surface area contributed by atoms with Gasteiger partial charge in [0.1, 0.15) is 6.10 Å². The van der Waals surface area contributed by atoms with Crippen molar-refractivity contribution in [1.82, 2.24) is 19.9 Å². The monoisotopic (exact) mass is 249 g/mol. The molecule has 7 nitrogen and oxygen atoms in total. The molecule has 96 valence electrons. The molecule has 2 atom stereocenters. The maximum absolute atomic E-state index is 5.71. The summed E-state index contributed by atoms with van der Waals surface area (Å²) in [4.78, 5) is 4.35. The number of hydrogen-bond acceptors (Lipinski definition) is 6. The summed E-state index contributed by atoms with van der Waals surface area (Å²) >= 11 is 0. The lowest BCUT2D eigenvalue weighted by atomic mass is 10.2. The molecule has 0 spiro atoms. The molecule has 7 heteroatoms. The van der Waals surface area contributed by atoms with Gasteiger partial charge in [-0.3, -0.25) is 4.68 Å². The zero-order valence-electron chi connectivity index (χ0n) is 10.1. The number of ether oxygens (including phenoxy) is 1. The van der Waals surface area contributed by atoms with Gasteiger partial charge in [-0.2, -0.15) is 10.1 Å². The highest BCUT2D eigenvalue weighted by Gasteiger charge is 2.30. The molecule has 2 aromatic rings. The standard InChI is InChI=1S/C11H15N5O2/c1-16-6-7(5-13-16)10-14-11(18-15-10)9-3-2-8(4-12)17-9/h5-6,8-9H,2-4,12H2,1H3. The minimum atomic E-state index is -0.128. The number of nitrogens with zero attached hydrogens (tertiary/aromatic N) is 4. The average Bonchev–Trinajstić information content (AvgIpc) is 3.07. The van der Waals surface area contributed by atoms with Crippen molar-refractivity contribution in [3.05, 3.63) is 18.3 Å². The second-order valence-electron chi connectivity index (χ2n) is 4.42. The summed E-state index contributed by atoms with van der Waals surface area (Å²) in [6.07, 6.45) is 5.32. The zero-order chi connectivity index (χ0) is 12.5. The fourth-order valence-corrected chi connectivity index (χ4v) is 2.08. The van der Waals surface area contributed by atoms with Gasteiger partial charge in [0, 0.05) is 19.8 Å². The van der Waals surface area contributed by atoms with Gasteiger partial charge in [-0.15, -0.1) is 0 Å². The number of aromatic nitrogens is 4. The first-order valence-corrected chi connectivity index (χ1v) is 5.94. The fourth-order valence-electron chi connectivity index (χ4n) is 2.08. The Balaban J connectivity index is 1.78. The van der Waals surface area contributed by atoms with Crippen LogP contribution >= 0.6 is 0 Å². The van der Waals surface area contributed by atoms with Crippen LogP contribution in [0.4, 0.5) is 0 Å². The molecule has 1 aliphatic rings. The van der Waals surface area contributed by atoms with Gasteiger partial charge in [-0.1, -0.05) is 5.16 Å². The lowest BCUT2D eigenvalue weighted by Gasteiger charge is -2.07. The third-order valence-corrected chi connectivity index (χ3v) is 3.05. The molecule has 0 aromatic carbocycles. The van der Waals surface area contributed by atoms with E-state index in [0.717, 1.165) is 18.4 Å². The average molecular weight is 249 g/mol. The first-order chi connectivity index (χ1) is 8.76. The van der Waals surface area contributed by atoms with E-state index in [0.29, 0.717) is 18.3 Å². The molecule has 1 aliphatic heterocycles. The van der Waals surface area contributed by atoms with Crippen LogP contribution in [0, 0.1) is 0 Å². The maximum atomic E-state index is 5.71. The molecule has 1 saturated heterocycles. The summed E-state index contributed by atoms with van der Waals surface area (Å²) in [5.41, 5.74) is 6.40. The molecule has 0 saturated carbocycles. The van der Waals surface area contributed by atoms with Crippen molar-refractivity contribution in [3.63, 3.8) is 0 Å². The molecule has 2 N–H and O–H groups in total. The second-order valence-corrected chi connectivity index (χ2v) is 4.42. The first kappa shape index (κ1) is 11.4. The van der Waals surface area contributed by atoms with Crippen LogP contribution in [0.5, 0.6) is 0 Å². The van der Waals surface area contributed by atoms with Crippen molar-refractivity contribution < 1.29 is 9.26 Å². The Morgan fingerprint density at radius 2 is 2.39 bits per heavy atom. The first-order valence-electron chi connectivity index (χ1n) is 5.94. The molecule has 0 amide bonds. The van der Waals surface area contributed by atoms with E-state index in [-0.39, 0.29) is 12.2 Å². The van der Waals surface area contributed by atoms with E-state index in [1.165, 1.54) is 0 Å². The predicted octanol–water partition coefficient (Wildman–Crippen LogP) is 0.649. The predicted molar refractivity (Wildman–Crippen MR) is 62.4 cm³/mol. The summed E-state index contributed by atoms with van der Waals surface area (Å²) in [6, 6.07) is 0. The number of rotatable bonds is 3. The highest BCUT2D eigenvalue weighted by atomic mass is 16.5. The van der Waals surface area contributed by atoms with Crippen LogP contribution in [0.15, 0.2) is 16.9 Å². The third kappa shape index (κ3) is 2.02. The molecular weight excluding hydrogens is 234 g/mol. The molecule has 18 heavy (non-hydrogen) atoms. The van der Waals surface area contributed by atoms with E-state index in [1.54, 1.807) is 10.9 Å². The fraction of sp³-hybridized carbons (Fsp3) is 0.545. The molecule has 3 rings (SSSR count). The zero-order valence-corrected chi connectivity index (χ0v) is 10.1. The van der Waals surface area contributed by atoms with Crippen molar-refractivity contribution in [1.29, 1.82) is 0 Å². The van der Waals surface area contributed by atoms with Crippen LogP contribution in [-0.4, -0.2) is 32.6 Å². The van der Waals surface area contributed by atoms with Crippen LogP contribution in [0.2, 0.25) is 0 Å². The summed E-state index contributed by atoms with van der Waals surface area (Å²) in [5, 5.41) is 8.02. The Bertz CT molecular complexity index is 535. The van der Waals surface area contributed by atoms with Crippen LogP contribution in [-0.2, 0) is 11.8 Å². The normalized spacial score (nSPS) is 23.7. The van der Waals surface area contributed by atoms with Crippen molar-refractivity contribution >= 4 is 0 Å². The van der Waals surface area contributed by atoms with Gasteiger partial charge in [-0.05, 0) is 12.8 Å². The van der Waals surface area contributed by atoms with E-state index in [9.17, 15) is 0 Å². The Morgan fingerprint density at radius 3 is 3.06 bits per heavy atom. The molecule has 2 unspecified atom stereocenters. The minimum Gasteiger partial charge on any atom is -0.364 e. The largest absolute Gasteiger partial charge is 0.364 e. The van der Waals surface area contributed by atoms with Gasteiger partial charge in [0.2, 0.25) is 5.82 Å². The van der Waals surface area contributed by atoms with Gasteiger partial charge in [0.25, 0.3) is 5.89 Å². The van der Waals surface area contributed by atoms with E-state index in [2.05, 4.69) is 15.2 Å². The van der Waals surface area contributed by atoms with Crippen molar-refractivity contribution in [3.8, 4) is 11.4 Å². The van der Waals surface area contributed by atoms with E-state index in [1.807, 2.05) is 13.2 Å². The van der Waals surface area contributed by atoms with Crippen LogP contribution < -0.4 is 5.73 Å². The number of aryl methyl sites for hydroxylation is 1. The van der Waals surface area contributed by atoms with Crippen molar-refractivity contribution in [2.45, 2.75) is 25.0 Å². The smallest absolute Gasteiger partial charge is 0.256 e. The lowest BCUT2D eigenvalue weighted by Crippen LogP contribution is -2.18. The highest BCUT2D eigenvalue weighted by Crippen LogP contribution is 2.32. The van der Waals surface area contributed by atoms with Crippen LogP contribution in [0.25, 0.3) is 11.4 Å². The van der Waals surface area contributed by atoms with Crippen molar-refractivity contribution in [2.75, 3.05) is 6.54 Å². The molecule has 0 bridgehead atoms. The molecule has 1 fully saturated rings. The maximum Gasteiger partial charge on any atom is 0.256 e. The van der Waals surface area contributed by atoms with Gasteiger partial charge in [0.05, 0.1) is 17.9 Å². The van der Waals surface area contributed by atoms with E-state index < -0.39 is 0 Å². The molecule has 3 heterocycles. The molecular formula is C11H15N5O2. The van der Waals surface area contributed by atoms with Crippen molar-refractivity contribution in [2.24, 2.45) is 12.8 Å². The van der Waals surface area contributed by atoms with Gasteiger partial charge >= 0.3 is 0 Å². The molecule has 0 radical (unpaired) electrons. The Labute approximate surface area is 104 Å². The van der Waals surface area contributed by atoms with E-state index >= 15 is 0 Å². The number of nitrogens with two attached hydrogens (primary N) is 1. The van der Waals surface area contributed by atoms with Crippen LogP contribution in [0.3, 0.4) is 0 Å². The highest BCUT2D eigenvalue weighted by molar-refractivity contribution is 5.51. The Morgan fingerprint density at radius 1 is 1.50 bits per heavy atom. The second kappa shape index (κ2) is 4.51. The van der Waals surface area contributed by atoms with E-state index in [4.69, 9.17) is 15.0 Å². The number of hydrogen-bond donors (Lipinski definition) is 1. The molecule has 2 aromatic heterocycles. The lowest BCUT2D eigenvalue weighted by molar-refractivity contribution is 0.0307. The summed E-state index contributed by atoms with van der Waals surface area (Å²) in [6.45, 7) is 0.528. The minimum absolute atomic E-state index is 0.101. The molecule has 0 aliphatic carbocycles. The van der Waals surface area contributed by atoms with Gasteiger partial charge in [-0.25, -0.2) is 0 Å².